The lowest BCUT2D eigenvalue weighted by molar-refractivity contribution is -0.122. The standard InChI is InChI=1S/C15H36N6O/c16-7-3-6-14(18)15(22)21-13-5-12-20-10-2-1-9-19-11-4-8-17/h14,19-20H,1-13,16-18H2,(H,21,22)/t14-/m1/s1. The van der Waals surface area contributed by atoms with Crippen molar-refractivity contribution < 1.29 is 4.79 Å². The van der Waals surface area contributed by atoms with Crippen molar-refractivity contribution in [3.63, 3.8) is 0 Å². The number of carbonyl (C=O) groups is 1. The molecular weight excluding hydrogens is 280 g/mol. The fraction of sp³-hybridized carbons (Fsp3) is 0.933. The fourth-order valence-corrected chi connectivity index (χ4v) is 2.00. The SMILES string of the molecule is NCCCNCCCCNCCCNC(=O)[C@H](N)CCCN. The van der Waals surface area contributed by atoms with Crippen LogP contribution in [0.15, 0.2) is 0 Å². The molecule has 1 amide bonds. The number of nitrogens with one attached hydrogen (secondary N) is 3. The minimum Gasteiger partial charge on any atom is -0.355 e. The molecule has 0 aliphatic carbocycles. The predicted octanol–water partition coefficient (Wildman–Crippen LogP) is -1.13. The number of rotatable bonds is 16. The molecule has 0 radical (unpaired) electrons. The average Bonchev–Trinajstić information content (AvgIpc) is 2.53. The monoisotopic (exact) mass is 316 g/mol. The summed E-state index contributed by atoms with van der Waals surface area (Å²) in [5.41, 5.74) is 16.6. The van der Waals surface area contributed by atoms with Crippen LogP contribution in [-0.4, -0.2) is 57.8 Å². The van der Waals surface area contributed by atoms with Crippen molar-refractivity contribution in [3.05, 3.63) is 0 Å². The van der Waals surface area contributed by atoms with Crippen LogP contribution in [0.25, 0.3) is 0 Å². The molecule has 0 bridgehead atoms. The molecule has 0 aromatic rings. The van der Waals surface area contributed by atoms with Crippen LogP contribution >= 0.6 is 0 Å². The number of hydrogen-bond acceptors (Lipinski definition) is 6. The van der Waals surface area contributed by atoms with Gasteiger partial charge in [0.1, 0.15) is 0 Å². The number of carbonyl (C=O) groups excluding carboxylic acids is 1. The van der Waals surface area contributed by atoms with Gasteiger partial charge in [-0.3, -0.25) is 4.79 Å². The molecule has 7 heteroatoms. The number of nitrogens with two attached hydrogens (primary N) is 3. The van der Waals surface area contributed by atoms with Crippen molar-refractivity contribution in [1.29, 1.82) is 0 Å². The Morgan fingerprint density at radius 1 is 0.773 bits per heavy atom. The quantitative estimate of drug-likeness (QED) is 0.200. The molecular formula is C15H36N6O. The van der Waals surface area contributed by atoms with E-state index >= 15 is 0 Å². The van der Waals surface area contributed by atoms with Gasteiger partial charge in [0.2, 0.25) is 5.91 Å². The molecule has 0 heterocycles. The molecule has 0 aromatic carbocycles. The second-order valence-corrected chi connectivity index (χ2v) is 5.53. The molecule has 9 N–H and O–H groups in total. The number of unbranched alkanes of at least 4 members (excludes halogenated alkanes) is 1. The maximum atomic E-state index is 11.6. The average molecular weight is 316 g/mol. The Labute approximate surface area is 135 Å². The minimum absolute atomic E-state index is 0.0722. The molecule has 1 atom stereocenters. The van der Waals surface area contributed by atoms with E-state index in [-0.39, 0.29) is 5.91 Å². The van der Waals surface area contributed by atoms with E-state index in [1.165, 1.54) is 6.42 Å². The van der Waals surface area contributed by atoms with E-state index in [0.717, 1.165) is 58.4 Å². The first-order valence-corrected chi connectivity index (χ1v) is 8.57. The van der Waals surface area contributed by atoms with Gasteiger partial charge in [0.15, 0.2) is 0 Å². The molecule has 0 aliphatic rings. The normalized spacial score (nSPS) is 12.3. The molecule has 0 saturated carbocycles. The van der Waals surface area contributed by atoms with Gasteiger partial charge in [-0.05, 0) is 77.8 Å². The summed E-state index contributed by atoms with van der Waals surface area (Å²) in [5, 5.41) is 9.60. The molecule has 0 fully saturated rings. The highest BCUT2D eigenvalue weighted by Gasteiger charge is 2.11. The van der Waals surface area contributed by atoms with Crippen molar-refractivity contribution in [1.82, 2.24) is 16.0 Å². The molecule has 0 aliphatic heterocycles. The second kappa shape index (κ2) is 16.6. The van der Waals surface area contributed by atoms with E-state index in [2.05, 4.69) is 16.0 Å². The summed E-state index contributed by atoms with van der Waals surface area (Å²) in [5.74, 6) is -0.0722. The fourth-order valence-electron chi connectivity index (χ4n) is 2.00. The summed E-state index contributed by atoms with van der Waals surface area (Å²) >= 11 is 0. The summed E-state index contributed by atoms with van der Waals surface area (Å²) in [7, 11) is 0. The third-order valence-electron chi connectivity index (χ3n) is 3.40. The van der Waals surface area contributed by atoms with Gasteiger partial charge >= 0.3 is 0 Å². The van der Waals surface area contributed by atoms with E-state index < -0.39 is 6.04 Å². The van der Waals surface area contributed by atoms with Crippen molar-refractivity contribution in [2.75, 3.05) is 45.8 Å². The first-order chi connectivity index (χ1) is 10.7. The summed E-state index contributed by atoms with van der Waals surface area (Å²) in [4.78, 5) is 11.6. The van der Waals surface area contributed by atoms with Crippen LogP contribution in [0.5, 0.6) is 0 Å². The third-order valence-corrected chi connectivity index (χ3v) is 3.40. The minimum atomic E-state index is -0.428. The zero-order valence-electron chi connectivity index (χ0n) is 13.9. The summed E-state index contributed by atoms with van der Waals surface area (Å²) in [6, 6.07) is -0.428. The van der Waals surface area contributed by atoms with Crippen LogP contribution in [-0.2, 0) is 4.79 Å². The molecule has 22 heavy (non-hydrogen) atoms. The van der Waals surface area contributed by atoms with Crippen LogP contribution in [0.4, 0.5) is 0 Å². The maximum Gasteiger partial charge on any atom is 0.236 e. The van der Waals surface area contributed by atoms with Crippen LogP contribution in [0.3, 0.4) is 0 Å². The number of amides is 1. The van der Waals surface area contributed by atoms with Crippen LogP contribution < -0.4 is 33.2 Å². The van der Waals surface area contributed by atoms with E-state index in [4.69, 9.17) is 17.2 Å². The van der Waals surface area contributed by atoms with Gasteiger partial charge in [0.25, 0.3) is 0 Å². The van der Waals surface area contributed by atoms with Crippen molar-refractivity contribution in [2.24, 2.45) is 17.2 Å². The molecule has 0 unspecified atom stereocenters. The third kappa shape index (κ3) is 14.2. The Kier molecular flexibility index (Phi) is 16.1. The van der Waals surface area contributed by atoms with Crippen molar-refractivity contribution in [3.8, 4) is 0 Å². The highest BCUT2D eigenvalue weighted by atomic mass is 16.2. The molecule has 132 valence electrons. The smallest absolute Gasteiger partial charge is 0.236 e. The topological polar surface area (TPSA) is 131 Å². The lowest BCUT2D eigenvalue weighted by Gasteiger charge is -2.11. The lowest BCUT2D eigenvalue weighted by Crippen LogP contribution is -2.41. The van der Waals surface area contributed by atoms with Crippen LogP contribution in [0.1, 0.15) is 38.5 Å². The van der Waals surface area contributed by atoms with E-state index in [9.17, 15) is 4.79 Å². The summed E-state index contributed by atoms with van der Waals surface area (Å²) < 4.78 is 0. The van der Waals surface area contributed by atoms with Gasteiger partial charge in [-0.15, -0.1) is 0 Å². The first-order valence-electron chi connectivity index (χ1n) is 8.57. The van der Waals surface area contributed by atoms with Gasteiger partial charge in [-0.2, -0.15) is 0 Å². The van der Waals surface area contributed by atoms with Gasteiger partial charge in [0, 0.05) is 6.54 Å². The Bertz CT molecular complexity index is 252. The van der Waals surface area contributed by atoms with Crippen molar-refractivity contribution >= 4 is 5.91 Å². The van der Waals surface area contributed by atoms with E-state index in [1.54, 1.807) is 0 Å². The lowest BCUT2D eigenvalue weighted by atomic mass is 10.1. The summed E-state index contributed by atoms with van der Waals surface area (Å²) in [6.07, 6.45) is 5.73. The van der Waals surface area contributed by atoms with E-state index in [0.29, 0.717) is 19.5 Å². The largest absolute Gasteiger partial charge is 0.355 e. The molecule has 0 spiro atoms. The van der Waals surface area contributed by atoms with Crippen LogP contribution in [0, 0.1) is 0 Å². The zero-order valence-corrected chi connectivity index (χ0v) is 13.9. The van der Waals surface area contributed by atoms with Crippen molar-refractivity contribution in [2.45, 2.75) is 44.6 Å². The highest BCUT2D eigenvalue weighted by Crippen LogP contribution is 1.92. The van der Waals surface area contributed by atoms with Gasteiger partial charge in [-0.1, -0.05) is 0 Å². The summed E-state index contributed by atoms with van der Waals surface area (Å²) in [6.45, 7) is 6.00. The number of hydrogen-bond donors (Lipinski definition) is 6. The Morgan fingerprint density at radius 3 is 1.91 bits per heavy atom. The van der Waals surface area contributed by atoms with Gasteiger partial charge < -0.3 is 33.2 Å². The Balaban J connectivity index is 3.21. The van der Waals surface area contributed by atoms with Crippen LogP contribution in [0.2, 0.25) is 0 Å². The molecule has 7 nitrogen and oxygen atoms in total. The Morgan fingerprint density at radius 2 is 1.32 bits per heavy atom. The van der Waals surface area contributed by atoms with Gasteiger partial charge in [-0.25, -0.2) is 0 Å². The Hall–Kier alpha value is -0.730. The van der Waals surface area contributed by atoms with E-state index in [1.807, 2.05) is 0 Å². The first kappa shape index (κ1) is 21.3. The maximum absolute atomic E-state index is 11.6. The molecule has 0 aromatic heterocycles. The predicted molar refractivity (Wildman–Crippen MR) is 92.5 cm³/mol. The zero-order chi connectivity index (χ0) is 16.5. The van der Waals surface area contributed by atoms with Gasteiger partial charge in [0.05, 0.1) is 6.04 Å². The second-order valence-electron chi connectivity index (χ2n) is 5.53. The molecule has 0 saturated heterocycles. The highest BCUT2D eigenvalue weighted by molar-refractivity contribution is 5.81. The molecule has 0 rings (SSSR count).